The second-order valence-corrected chi connectivity index (χ2v) is 8.06. The van der Waals surface area contributed by atoms with Gasteiger partial charge in [-0.15, -0.1) is 23.1 Å². The fourth-order valence-electron chi connectivity index (χ4n) is 3.06. The molecule has 2 N–H and O–H groups in total. The number of rotatable bonds is 5. The third-order valence-electron chi connectivity index (χ3n) is 4.32. The first kappa shape index (κ1) is 16.6. The molecule has 2 atom stereocenters. The van der Waals surface area contributed by atoms with Crippen LogP contribution in [0, 0.1) is 5.92 Å². The molecule has 1 aromatic heterocycles. The van der Waals surface area contributed by atoms with Gasteiger partial charge in [0.15, 0.2) is 0 Å². The summed E-state index contributed by atoms with van der Waals surface area (Å²) in [6.07, 6.45) is 1.01. The molecule has 0 radical (unpaired) electrons. The predicted octanol–water partition coefficient (Wildman–Crippen LogP) is 3.85. The zero-order valence-electron chi connectivity index (χ0n) is 13.3. The molecule has 3 rings (SSSR count). The van der Waals surface area contributed by atoms with Crippen LogP contribution in [0.15, 0.2) is 46.7 Å². The molecule has 1 aliphatic heterocycles. The largest absolute Gasteiger partial charge is 0.336 e. The van der Waals surface area contributed by atoms with Crippen molar-refractivity contribution in [3.05, 3.63) is 52.2 Å². The van der Waals surface area contributed by atoms with Crippen molar-refractivity contribution < 1.29 is 4.79 Å². The second kappa shape index (κ2) is 7.51. The van der Waals surface area contributed by atoms with Gasteiger partial charge in [0.2, 0.25) is 0 Å². The number of benzene rings is 1. The Bertz CT molecular complexity index is 657. The van der Waals surface area contributed by atoms with Gasteiger partial charge in [-0.3, -0.25) is 4.79 Å². The van der Waals surface area contributed by atoms with Gasteiger partial charge in [-0.2, -0.15) is 0 Å². The molecule has 2 unspecified atom stereocenters. The van der Waals surface area contributed by atoms with E-state index in [1.165, 1.54) is 4.88 Å². The Hall–Kier alpha value is -1.30. The number of amides is 1. The van der Waals surface area contributed by atoms with Crippen molar-refractivity contribution in [1.29, 1.82) is 0 Å². The Morgan fingerprint density at radius 2 is 2.17 bits per heavy atom. The number of thiophene rings is 1. The molecule has 2 aromatic rings. The molecular weight excluding hydrogens is 324 g/mol. The lowest BCUT2D eigenvalue weighted by Crippen LogP contribution is -2.34. The van der Waals surface area contributed by atoms with Gasteiger partial charge in [0.25, 0.3) is 5.91 Å². The van der Waals surface area contributed by atoms with Gasteiger partial charge in [0.05, 0.1) is 5.56 Å². The third-order valence-corrected chi connectivity index (χ3v) is 6.50. The van der Waals surface area contributed by atoms with E-state index in [2.05, 4.69) is 24.4 Å². The highest BCUT2D eigenvalue weighted by Crippen LogP contribution is 2.31. The van der Waals surface area contributed by atoms with E-state index >= 15 is 0 Å². The molecule has 3 nitrogen and oxygen atoms in total. The molecule has 1 aromatic carbocycles. The van der Waals surface area contributed by atoms with E-state index in [0.717, 1.165) is 29.2 Å². The van der Waals surface area contributed by atoms with Crippen LogP contribution in [-0.4, -0.2) is 29.9 Å². The van der Waals surface area contributed by atoms with Crippen molar-refractivity contribution >= 4 is 29.0 Å². The number of carbonyl (C=O) groups excluding carboxylic acids is 1. The molecule has 5 heteroatoms. The molecule has 1 fully saturated rings. The summed E-state index contributed by atoms with van der Waals surface area (Å²) in [6, 6.07) is 12.4. The van der Waals surface area contributed by atoms with Gasteiger partial charge in [-0.25, -0.2) is 0 Å². The molecule has 1 amide bonds. The molecule has 0 aliphatic carbocycles. The summed E-state index contributed by atoms with van der Waals surface area (Å²) in [5.41, 5.74) is 6.61. The lowest BCUT2D eigenvalue weighted by Gasteiger charge is -2.22. The number of nitrogens with two attached hydrogens (primary N) is 1. The fourth-order valence-corrected chi connectivity index (χ4v) is 4.88. The van der Waals surface area contributed by atoms with E-state index in [0.29, 0.717) is 12.5 Å². The SMILES string of the molecule is CC1CC(CN)CN1C(=O)c1ccccc1SCc1cccs1. The van der Waals surface area contributed by atoms with Crippen LogP contribution in [0.2, 0.25) is 0 Å². The second-order valence-electron chi connectivity index (χ2n) is 6.01. The number of nitrogens with zero attached hydrogens (tertiary/aromatic N) is 1. The monoisotopic (exact) mass is 346 g/mol. The third kappa shape index (κ3) is 3.79. The van der Waals surface area contributed by atoms with Gasteiger partial charge in [0, 0.05) is 28.1 Å². The van der Waals surface area contributed by atoms with Gasteiger partial charge in [-0.05, 0) is 49.4 Å². The van der Waals surface area contributed by atoms with Crippen molar-refractivity contribution in [3.63, 3.8) is 0 Å². The number of hydrogen-bond acceptors (Lipinski definition) is 4. The van der Waals surface area contributed by atoms with Crippen LogP contribution in [0.5, 0.6) is 0 Å². The first-order valence-corrected chi connectivity index (χ1v) is 9.80. The zero-order chi connectivity index (χ0) is 16.2. The first-order chi connectivity index (χ1) is 11.2. The van der Waals surface area contributed by atoms with Crippen LogP contribution in [-0.2, 0) is 5.75 Å². The topological polar surface area (TPSA) is 46.3 Å². The van der Waals surface area contributed by atoms with Crippen molar-refractivity contribution in [2.45, 2.75) is 30.0 Å². The standard InChI is InChI=1S/C18H22N2OS2/c1-13-9-14(10-19)11-20(13)18(21)16-6-2-3-7-17(16)23-12-15-5-4-8-22-15/h2-8,13-14H,9-12,19H2,1H3. The van der Waals surface area contributed by atoms with Crippen LogP contribution in [0.3, 0.4) is 0 Å². The van der Waals surface area contributed by atoms with Gasteiger partial charge >= 0.3 is 0 Å². The maximum absolute atomic E-state index is 13.0. The Kier molecular flexibility index (Phi) is 5.41. The quantitative estimate of drug-likeness (QED) is 0.837. The summed E-state index contributed by atoms with van der Waals surface area (Å²) in [4.78, 5) is 17.4. The van der Waals surface area contributed by atoms with Crippen molar-refractivity contribution in [3.8, 4) is 0 Å². The Balaban J connectivity index is 1.75. The van der Waals surface area contributed by atoms with E-state index in [9.17, 15) is 4.79 Å². The fraction of sp³-hybridized carbons (Fsp3) is 0.389. The number of hydrogen-bond donors (Lipinski definition) is 1. The predicted molar refractivity (Wildman–Crippen MR) is 98.0 cm³/mol. The molecule has 0 bridgehead atoms. The summed E-state index contributed by atoms with van der Waals surface area (Å²) >= 11 is 3.49. The van der Waals surface area contributed by atoms with E-state index in [-0.39, 0.29) is 11.9 Å². The van der Waals surface area contributed by atoms with Crippen LogP contribution >= 0.6 is 23.1 Å². The van der Waals surface area contributed by atoms with Crippen LogP contribution in [0.1, 0.15) is 28.6 Å². The lowest BCUT2D eigenvalue weighted by molar-refractivity contribution is 0.0740. The molecule has 0 spiro atoms. The number of thioether (sulfide) groups is 1. The van der Waals surface area contributed by atoms with Crippen LogP contribution in [0.25, 0.3) is 0 Å². The minimum absolute atomic E-state index is 0.141. The maximum Gasteiger partial charge on any atom is 0.255 e. The number of likely N-dealkylation sites (tertiary alicyclic amines) is 1. The minimum atomic E-state index is 0.141. The van der Waals surface area contributed by atoms with E-state index in [1.54, 1.807) is 23.1 Å². The summed E-state index contributed by atoms with van der Waals surface area (Å²) < 4.78 is 0. The van der Waals surface area contributed by atoms with Crippen molar-refractivity contribution in [2.24, 2.45) is 11.7 Å². The van der Waals surface area contributed by atoms with Crippen molar-refractivity contribution in [1.82, 2.24) is 4.90 Å². The smallest absolute Gasteiger partial charge is 0.255 e. The normalized spacial score (nSPS) is 20.9. The average Bonchev–Trinajstić information content (AvgIpc) is 3.22. The first-order valence-electron chi connectivity index (χ1n) is 7.94. The van der Waals surface area contributed by atoms with E-state index < -0.39 is 0 Å². The van der Waals surface area contributed by atoms with Gasteiger partial charge in [-0.1, -0.05) is 18.2 Å². The van der Waals surface area contributed by atoms with Gasteiger partial charge < -0.3 is 10.6 Å². The maximum atomic E-state index is 13.0. The van der Waals surface area contributed by atoms with Crippen molar-refractivity contribution in [2.75, 3.05) is 13.1 Å². The molecule has 122 valence electrons. The zero-order valence-corrected chi connectivity index (χ0v) is 14.9. The highest BCUT2D eigenvalue weighted by Gasteiger charge is 2.32. The Morgan fingerprint density at radius 1 is 1.35 bits per heavy atom. The summed E-state index contributed by atoms with van der Waals surface area (Å²) in [5.74, 6) is 1.48. The van der Waals surface area contributed by atoms with E-state index in [4.69, 9.17) is 5.73 Å². The highest BCUT2D eigenvalue weighted by atomic mass is 32.2. The summed E-state index contributed by atoms with van der Waals surface area (Å²) in [6.45, 7) is 3.55. The van der Waals surface area contributed by atoms with Crippen LogP contribution < -0.4 is 5.73 Å². The number of carbonyl (C=O) groups is 1. The minimum Gasteiger partial charge on any atom is -0.336 e. The Morgan fingerprint density at radius 3 is 2.87 bits per heavy atom. The highest BCUT2D eigenvalue weighted by molar-refractivity contribution is 7.98. The molecule has 1 aliphatic rings. The molecular formula is C18H22N2OS2. The molecule has 1 saturated heterocycles. The molecule has 2 heterocycles. The Labute approximate surface area is 145 Å². The summed E-state index contributed by atoms with van der Waals surface area (Å²) in [5, 5.41) is 2.09. The lowest BCUT2D eigenvalue weighted by atomic mass is 10.1. The summed E-state index contributed by atoms with van der Waals surface area (Å²) in [7, 11) is 0. The van der Waals surface area contributed by atoms with Gasteiger partial charge in [0.1, 0.15) is 0 Å². The average molecular weight is 347 g/mol. The van der Waals surface area contributed by atoms with Crippen LogP contribution in [0.4, 0.5) is 0 Å². The molecule has 23 heavy (non-hydrogen) atoms. The van der Waals surface area contributed by atoms with E-state index in [1.807, 2.05) is 29.2 Å². The molecule has 0 saturated carbocycles.